The van der Waals surface area contributed by atoms with Crippen molar-refractivity contribution >= 4 is 0 Å². The van der Waals surface area contributed by atoms with Gasteiger partial charge in [-0.15, -0.1) is 0 Å². The number of unbranched alkanes of at least 4 members (excludes halogenated alkanes) is 2. The Bertz CT molecular complexity index is 767. The summed E-state index contributed by atoms with van der Waals surface area (Å²) in [5, 5.41) is 0. The molecule has 1 atom stereocenters. The van der Waals surface area contributed by atoms with E-state index >= 15 is 0 Å². The van der Waals surface area contributed by atoms with Crippen molar-refractivity contribution in [3.05, 3.63) is 69.8 Å². The van der Waals surface area contributed by atoms with Crippen molar-refractivity contribution in [1.82, 2.24) is 0 Å². The zero-order valence-electron chi connectivity index (χ0n) is 14.3. The van der Waals surface area contributed by atoms with Gasteiger partial charge in [-0.05, 0) is 72.4 Å². The molecule has 0 amide bonds. The molecule has 1 aliphatic rings. The van der Waals surface area contributed by atoms with Gasteiger partial charge < -0.3 is 0 Å². The quantitative estimate of drug-likeness (QED) is 0.340. The Balaban J connectivity index is 1.80. The SMILES string of the molecule is CCCCCc1ccc(C2CCc3c(cc(F)c(F)c3F)C2)c(F)c1. The molecule has 0 nitrogen and oxygen atoms in total. The van der Waals surface area contributed by atoms with Crippen molar-refractivity contribution in [2.24, 2.45) is 0 Å². The van der Waals surface area contributed by atoms with Crippen LogP contribution in [-0.2, 0) is 19.3 Å². The minimum Gasteiger partial charge on any atom is -0.207 e. The van der Waals surface area contributed by atoms with Crippen LogP contribution < -0.4 is 0 Å². The first-order chi connectivity index (χ1) is 12.0. The van der Waals surface area contributed by atoms with Crippen LogP contribution in [0.3, 0.4) is 0 Å². The molecule has 0 saturated heterocycles. The summed E-state index contributed by atoms with van der Waals surface area (Å²) in [6.45, 7) is 2.13. The maximum atomic E-state index is 14.5. The number of fused-ring (bicyclic) bond motifs is 1. The van der Waals surface area contributed by atoms with Gasteiger partial charge in [-0.1, -0.05) is 31.9 Å². The van der Waals surface area contributed by atoms with E-state index in [0.29, 0.717) is 30.4 Å². The number of hydrogen-bond donors (Lipinski definition) is 0. The Morgan fingerprint density at radius 1 is 0.960 bits per heavy atom. The highest BCUT2D eigenvalue weighted by molar-refractivity contribution is 5.37. The zero-order valence-corrected chi connectivity index (χ0v) is 14.3. The highest BCUT2D eigenvalue weighted by Crippen LogP contribution is 2.36. The molecular weight excluding hydrogens is 328 g/mol. The number of hydrogen-bond acceptors (Lipinski definition) is 0. The van der Waals surface area contributed by atoms with Crippen LogP contribution in [0.2, 0.25) is 0 Å². The molecular formula is C21H22F4. The number of halogens is 4. The van der Waals surface area contributed by atoms with E-state index in [4.69, 9.17) is 0 Å². The fraction of sp³-hybridized carbons (Fsp3) is 0.429. The maximum absolute atomic E-state index is 14.5. The molecule has 0 radical (unpaired) electrons. The van der Waals surface area contributed by atoms with Crippen molar-refractivity contribution in [3.8, 4) is 0 Å². The Morgan fingerprint density at radius 2 is 1.76 bits per heavy atom. The molecule has 0 aliphatic heterocycles. The van der Waals surface area contributed by atoms with Crippen LogP contribution in [0, 0.1) is 23.3 Å². The smallest absolute Gasteiger partial charge is 0.194 e. The van der Waals surface area contributed by atoms with Crippen molar-refractivity contribution in [2.75, 3.05) is 0 Å². The van der Waals surface area contributed by atoms with Crippen molar-refractivity contribution in [1.29, 1.82) is 0 Å². The molecule has 4 heteroatoms. The summed E-state index contributed by atoms with van der Waals surface area (Å²) < 4.78 is 55.3. The largest absolute Gasteiger partial charge is 0.207 e. The zero-order chi connectivity index (χ0) is 18.0. The van der Waals surface area contributed by atoms with E-state index in [0.717, 1.165) is 37.3 Å². The summed E-state index contributed by atoms with van der Waals surface area (Å²) >= 11 is 0. The molecule has 0 heterocycles. The lowest BCUT2D eigenvalue weighted by molar-refractivity contribution is 0.427. The highest BCUT2D eigenvalue weighted by Gasteiger charge is 2.27. The van der Waals surface area contributed by atoms with Crippen LogP contribution in [0.4, 0.5) is 17.6 Å². The summed E-state index contributed by atoms with van der Waals surface area (Å²) in [5.41, 5.74) is 2.23. The van der Waals surface area contributed by atoms with Gasteiger partial charge in [0.25, 0.3) is 0 Å². The lowest BCUT2D eigenvalue weighted by atomic mass is 9.79. The van der Waals surface area contributed by atoms with Gasteiger partial charge in [0.05, 0.1) is 0 Å². The summed E-state index contributed by atoms with van der Waals surface area (Å²) in [6, 6.07) is 6.36. The van der Waals surface area contributed by atoms with Gasteiger partial charge in [-0.25, -0.2) is 17.6 Å². The third kappa shape index (κ3) is 3.73. The fourth-order valence-electron chi connectivity index (χ4n) is 3.72. The highest BCUT2D eigenvalue weighted by atomic mass is 19.2. The van der Waals surface area contributed by atoms with Gasteiger partial charge in [0, 0.05) is 0 Å². The first kappa shape index (κ1) is 18.0. The van der Waals surface area contributed by atoms with Crippen molar-refractivity contribution in [2.45, 2.75) is 57.8 Å². The molecule has 2 aromatic carbocycles. The Morgan fingerprint density at radius 3 is 2.48 bits per heavy atom. The molecule has 134 valence electrons. The van der Waals surface area contributed by atoms with E-state index in [-0.39, 0.29) is 17.3 Å². The molecule has 0 aromatic heterocycles. The number of rotatable bonds is 5. The second-order valence-electron chi connectivity index (χ2n) is 6.88. The van der Waals surface area contributed by atoms with Crippen molar-refractivity contribution in [3.63, 3.8) is 0 Å². The van der Waals surface area contributed by atoms with Gasteiger partial charge in [0.15, 0.2) is 17.5 Å². The molecule has 1 aliphatic carbocycles. The van der Waals surface area contributed by atoms with Crippen LogP contribution in [0.1, 0.15) is 60.8 Å². The Hall–Kier alpha value is -1.84. The normalized spacial score (nSPS) is 16.8. The minimum absolute atomic E-state index is 0.138. The maximum Gasteiger partial charge on any atom is 0.194 e. The van der Waals surface area contributed by atoms with Gasteiger partial charge in [0.1, 0.15) is 5.82 Å². The predicted molar refractivity (Wildman–Crippen MR) is 90.7 cm³/mol. The van der Waals surface area contributed by atoms with Crippen LogP contribution >= 0.6 is 0 Å². The minimum atomic E-state index is -1.42. The lowest BCUT2D eigenvalue weighted by Crippen LogP contribution is -2.17. The van der Waals surface area contributed by atoms with E-state index < -0.39 is 17.5 Å². The average Bonchev–Trinajstić information content (AvgIpc) is 2.60. The number of benzene rings is 2. The molecule has 1 unspecified atom stereocenters. The third-order valence-electron chi connectivity index (χ3n) is 5.14. The topological polar surface area (TPSA) is 0 Å². The Kier molecular flexibility index (Phi) is 5.45. The van der Waals surface area contributed by atoms with Gasteiger partial charge in [-0.3, -0.25) is 0 Å². The molecule has 0 N–H and O–H groups in total. The molecule has 25 heavy (non-hydrogen) atoms. The van der Waals surface area contributed by atoms with Crippen LogP contribution in [0.5, 0.6) is 0 Å². The molecule has 0 saturated carbocycles. The Labute approximate surface area is 145 Å². The van der Waals surface area contributed by atoms with Gasteiger partial charge >= 0.3 is 0 Å². The third-order valence-corrected chi connectivity index (χ3v) is 5.14. The molecule has 0 bridgehead atoms. The summed E-state index contributed by atoms with van der Waals surface area (Å²) in [7, 11) is 0. The average molecular weight is 350 g/mol. The summed E-state index contributed by atoms with van der Waals surface area (Å²) in [4.78, 5) is 0. The first-order valence-corrected chi connectivity index (χ1v) is 8.94. The van der Waals surface area contributed by atoms with Crippen molar-refractivity contribution < 1.29 is 17.6 Å². The lowest BCUT2D eigenvalue weighted by Gasteiger charge is -2.26. The standard InChI is InChI=1S/C21H22F4/c1-2-3-4-5-13-6-8-16(18(22)10-13)14-7-9-17-15(11-14)12-19(23)21(25)20(17)24/h6,8,10,12,14H,2-5,7,9,11H2,1H3. The summed E-state index contributed by atoms with van der Waals surface area (Å²) in [6.07, 6.45) is 5.29. The van der Waals surface area contributed by atoms with E-state index in [1.165, 1.54) is 0 Å². The molecule has 0 fully saturated rings. The monoisotopic (exact) mass is 350 g/mol. The summed E-state index contributed by atoms with van der Waals surface area (Å²) in [5.74, 6) is -4.09. The number of aryl methyl sites for hydroxylation is 1. The van der Waals surface area contributed by atoms with Crippen LogP contribution in [-0.4, -0.2) is 0 Å². The second kappa shape index (κ2) is 7.59. The molecule has 2 aromatic rings. The fourth-order valence-corrected chi connectivity index (χ4v) is 3.72. The van der Waals surface area contributed by atoms with Gasteiger partial charge in [0.2, 0.25) is 0 Å². The van der Waals surface area contributed by atoms with Crippen LogP contribution in [0.15, 0.2) is 24.3 Å². The second-order valence-corrected chi connectivity index (χ2v) is 6.88. The van der Waals surface area contributed by atoms with E-state index in [9.17, 15) is 17.6 Å². The van der Waals surface area contributed by atoms with E-state index in [1.54, 1.807) is 12.1 Å². The van der Waals surface area contributed by atoms with E-state index in [1.807, 2.05) is 6.07 Å². The van der Waals surface area contributed by atoms with Gasteiger partial charge in [-0.2, -0.15) is 0 Å². The first-order valence-electron chi connectivity index (χ1n) is 8.94. The predicted octanol–water partition coefficient (Wildman–Crippen LogP) is 6.25. The van der Waals surface area contributed by atoms with E-state index in [2.05, 4.69) is 6.92 Å². The van der Waals surface area contributed by atoms with Crippen LogP contribution in [0.25, 0.3) is 0 Å². The molecule has 0 spiro atoms. The molecule has 3 rings (SSSR count).